The van der Waals surface area contributed by atoms with Crippen molar-refractivity contribution in [2.75, 3.05) is 0 Å². The molecule has 7 heteroatoms. The Morgan fingerprint density at radius 3 is 2.64 bits per heavy atom. The molecule has 5 unspecified atom stereocenters. The maximum absolute atomic E-state index is 11.5. The SMILES string of the molecule is CCC1OC(Oc2ccc(N=[N+]=[N-])cc2C)C(OC(C)=O)C(C)C1C. The predicted molar refractivity (Wildman–Crippen MR) is 93.4 cm³/mol. The van der Waals surface area contributed by atoms with Crippen molar-refractivity contribution in [3.05, 3.63) is 34.2 Å². The molecular weight excluding hydrogens is 322 g/mol. The van der Waals surface area contributed by atoms with Crippen molar-refractivity contribution < 1.29 is 19.0 Å². The molecule has 1 aliphatic rings. The lowest BCUT2D eigenvalue weighted by molar-refractivity contribution is -0.247. The van der Waals surface area contributed by atoms with Crippen LogP contribution in [0.4, 0.5) is 5.69 Å². The van der Waals surface area contributed by atoms with Gasteiger partial charge in [-0.25, -0.2) is 0 Å². The minimum absolute atomic E-state index is 0.0366. The Hall–Kier alpha value is -2.24. The normalized spacial score (nSPS) is 28.8. The van der Waals surface area contributed by atoms with Crippen LogP contribution in [0, 0.1) is 18.8 Å². The van der Waals surface area contributed by atoms with Crippen molar-refractivity contribution in [3.8, 4) is 5.75 Å². The van der Waals surface area contributed by atoms with Gasteiger partial charge in [0.15, 0.2) is 6.10 Å². The third-order valence-corrected chi connectivity index (χ3v) is 4.78. The second kappa shape index (κ2) is 8.23. The number of nitrogens with zero attached hydrogens (tertiary/aromatic N) is 3. The molecule has 0 amide bonds. The average Bonchev–Trinajstić information content (AvgIpc) is 2.56. The summed E-state index contributed by atoms with van der Waals surface area (Å²) in [5.74, 6) is 0.611. The van der Waals surface area contributed by atoms with Crippen LogP contribution >= 0.6 is 0 Å². The molecule has 2 rings (SSSR count). The van der Waals surface area contributed by atoms with E-state index in [9.17, 15) is 4.79 Å². The van der Waals surface area contributed by atoms with Gasteiger partial charge >= 0.3 is 5.97 Å². The van der Waals surface area contributed by atoms with Gasteiger partial charge in [0.25, 0.3) is 0 Å². The molecule has 0 radical (unpaired) electrons. The summed E-state index contributed by atoms with van der Waals surface area (Å²) in [7, 11) is 0. The molecule has 0 bridgehead atoms. The van der Waals surface area contributed by atoms with Crippen LogP contribution in [0.15, 0.2) is 23.3 Å². The molecule has 0 saturated carbocycles. The standard InChI is InChI=1S/C18H25N3O4/c1-6-15-11(3)12(4)17(23-13(5)22)18(24-15)25-16-8-7-14(20-21-19)9-10(16)2/h7-9,11-12,15,17-18H,6H2,1-5H3. The Morgan fingerprint density at radius 1 is 1.36 bits per heavy atom. The van der Waals surface area contributed by atoms with Crippen LogP contribution in [-0.2, 0) is 14.3 Å². The average molecular weight is 347 g/mol. The molecule has 1 fully saturated rings. The number of rotatable bonds is 5. The highest BCUT2D eigenvalue weighted by molar-refractivity contribution is 5.66. The van der Waals surface area contributed by atoms with Gasteiger partial charge in [-0.15, -0.1) is 0 Å². The van der Waals surface area contributed by atoms with Crippen molar-refractivity contribution in [2.24, 2.45) is 17.0 Å². The lowest BCUT2D eigenvalue weighted by Gasteiger charge is -2.43. The fourth-order valence-electron chi connectivity index (χ4n) is 3.18. The van der Waals surface area contributed by atoms with Crippen molar-refractivity contribution in [3.63, 3.8) is 0 Å². The summed E-state index contributed by atoms with van der Waals surface area (Å²) in [4.78, 5) is 14.3. The quantitative estimate of drug-likeness (QED) is 0.335. The molecule has 1 aromatic rings. The third-order valence-electron chi connectivity index (χ3n) is 4.78. The summed E-state index contributed by atoms with van der Waals surface area (Å²) < 4.78 is 17.6. The number of aryl methyl sites for hydroxylation is 1. The van der Waals surface area contributed by atoms with Crippen LogP contribution in [0.1, 0.15) is 39.7 Å². The van der Waals surface area contributed by atoms with Crippen LogP contribution in [-0.4, -0.2) is 24.5 Å². The summed E-state index contributed by atoms with van der Waals surface area (Å²) in [5.41, 5.74) is 9.86. The summed E-state index contributed by atoms with van der Waals surface area (Å²) in [6.45, 7) is 9.47. The predicted octanol–water partition coefficient (Wildman–Crippen LogP) is 4.65. The first-order valence-electron chi connectivity index (χ1n) is 8.52. The Balaban J connectivity index is 2.26. The van der Waals surface area contributed by atoms with E-state index >= 15 is 0 Å². The number of esters is 1. The Morgan fingerprint density at radius 2 is 2.08 bits per heavy atom. The first kappa shape index (κ1) is 19.1. The molecule has 25 heavy (non-hydrogen) atoms. The van der Waals surface area contributed by atoms with Crippen LogP contribution in [0.5, 0.6) is 5.75 Å². The van der Waals surface area contributed by atoms with Gasteiger partial charge in [-0.3, -0.25) is 4.79 Å². The van der Waals surface area contributed by atoms with Gasteiger partial charge in [0.05, 0.1) is 6.10 Å². The van der Waals surface area contributed by atoms with E-state index in [4.69, 9.17) is 19.7 Å². The summed E-state index contributed by atoms with van der Waals surface area (Å²) in [6, 6.07) is 5.15. The highest BCUT2D eigenvalue weighted by atomic mass is 16.7. The van der Waals surface area contributed by atoms with Gasteiger partial charge in [-0.1, -0.05) is 25.9 Å². The number of hydrogen-bond donors (Lipinski definition) is 0. The number of azide groups is 1. The van der Waals surface area contributed by atoms with E-state index in [1.165, 1.54) is 6.92 Å². The number of carbonyl (C=O) groups is 1. The van der Waals surface area contributed by atoms with Crippen molar-refractivity contribution in [1.82, 2.24) is 0 Å². The first-order chi connectivity index (χ1) is 11.9. The number of benzene rings is 1. The third kappa shape index (κ3) is 4.44. The molecule has 136 valence electrons. The largest absolute Gasteiger partial charge is 0.461 e. The fraction of sp³-hybridized carbons (Fsp3) is 0.611. The van der Waals surface area contributed by atoms with E-state index in [0.29, 0.717) is 11.4 Å². The van der Waals surface area contributed by atoms with Gasteiger partial charge < -0.3 is 14.2 Å². The molecule has 0 N–H and O–H groups in total. The van der Waals surface area contributed by atoms with Crippen molar-refractivity contribution >= 4 is 11.7 Å². The molecule has 0 aliphatic carbocycles. The van der Waals surface area contributed by atoms with E-state index < -0.39 is 12.4 Å². The van der Waals surface area contributed by atoms with E-state index in [1.807, 2.05) is 6.92 Å². The van der Waals surface area contributed by atoms with Crippen LogP contribution in [0.3, 0.4) is 0 Å². The van der Waals surface area contributed by atoms with E-state index in [0.717, 1.165) is 12.0 Å². The lowest BCUT2D eigenvalue weighted by Crippen LogP contribution is -2.53. The van der Waals surface area contributed by atoms with Crippen LogP contribution in [0.25, 0.3) is 10.4 Å². The maximum atomic E-state index is 11.5. The molecule has 1 heterocycles. The lowest BCUT2D eigenvalue weighted by atomic mass is 9.82. The smallest absolute Gasteiger partial charge is 0.303 e. The topological polar surface area (TPSA) is 93.5 Å². The van der Waals surface area contributed by atoms with Gasteiger partial charge in [0.2, 0.25) is 6.29 Å². The highest BCUT2D eigenvalue weighted by Crippen LogP contribution is 2.36. The minimum atomic E-state index is -0.677. The number of ether oxygens (including phenoxy) is 3. The van der Waals surface area contributed by atoms with Gasteiger partial charge in [0.1, 0.15) is 5.75 Å². The van der Waals surface area contributed by atoms with Crippen LogP contribution < -0.4 is 4.74 Å². The second-order valence-electron chi connectivity index (χ2n) is 6.50. The monoisotopic (exact) mass is 347 g/mol. The van der Waals surface area contributed by atoms with Crippen molar-refractivity contribution in [1.29, 1.82) is 0 Å². The molecule has 0 aromatic heterocycles. The minimum Gasteiger partial charge on any atom is -0.461 e. The molecule has 1 aromatic carbocycles. The zero-order valence-electron chi connectivity index (χ0n) is 15.3. The molecule has 1 aliphatic heterocycles. The summed E-state index contributed by atoms with van der Waals surface area (Å²) >= 11 is 0. The van der Waals surface area contributed by atoms with Gasteiger partial charge in [-0.05, 0) is 48.6 Å². The van der Waals surface area contributed by atoms with Gasteiger partial charge in [0, 0.05) is 23.4 Å². The molecule has 0 spiro atoms. The Labute approximate surface area is 147 Å². The number of carbonyl (C=O) groups excluding carboxylic acids is 1. The van der Waals surface area contributed by atoms with Crippen LogP contribution in [0.2, 0.25) is 0 Å². The van der Waals surface area contributed by atoms with Gasteiger partial charge in [-0.2, -0.15) is 0 Å². The fourth-order valence-corrected chi connectivity index (χ4v) is 3.18. The molecule has 1 saturated heterocycles. The Kier molecular flexibility index (Phi) is 6.28. The zero-order chi connectivity index (χ0) is 18.6. The highest BCUT2D eigenvalue weighted by Gasteiger charge is 2.44. The summed E-state index contributed by atoms with van der Waals surface area (Å²) in [5, 5.41) is 3.58. The molecule has 7 nitrogen and oxygen atoms in total. The Bertz CT molecular complexity index is 672. The van der Waals surface area contributed by atoms with E-state index in [-0.39, 0.29) is 23.9 Å². The first-order valence-corrected chi connectivity index (χ1v) is 8.52. The summed E-state index contributed by atoms with van der Waals surface area (Å²) in [6.07, 6.45) is -0.266. The van der Waals surface area contributed by atoms with E-state index in [1.54, 1.807) is 18.2 Å². The second-order valence-corrected chi connectivity index (χ2v) is 6.50. The van der Waals surface area contributed by atoms with Crippen molar-refractivity contribution in [2.45, 2.75) is 59.5 Å². The van der Waals surface area contributed by atoms with E-state index in [2.05, 4.69) is 30.8 Å². The molecule has 5 atom stereocenters. The molecular formula is C18H25N3O4. The number of hydrogen-bond acceptors (Lipinski definition) is 5. The zero-order valence-corrected chi connectivity index (χ0v) is 15.3. The maximum Gasteiger partial charge on any atom is 0.303 e.